The molecule has 0 unspecified atom stereocenters. The maximum absolute atomic E-state index is 11.9. The zero-order valence-corrected chi connectivity index (χ0v) is 14.6. The summed E-state index contributed by atoms with van der Waals surface area (Å²) in [4.78, 5) is 13.2. The van der Waals surface area contributed by atoms with Crippen LogP contribution in [0.2, 0.25) is 0 Å². The smallest absolute Gasteiger partial charge is 0.324 e. The minimum atomic E-state index is -0.236. The van der Waals surface area contributed by atoms with Crippen LogP contribution in [0.3, 0.4) is 0 Å². The molecule has 22 heavy (non-hydrogen) atoms. The van der Waals surface area contributed by atoms with E-state index in [-0.39, 0.29) is 12.0 Å². The first-order valence-electron chi connectivity index (χ1n) is 9.02. The van der Waals surface area contributed by atoms with Crippen LogP contribution in [0.15, 0.2) is 0 Å². The van der Waals surface area contributed by atoms with Gasteiger partial charge in [-0.05, 0) is 12.8 Å². The Labute approximate surface area is 136 Å². The predicted octanol–water partition coefficient (Wildman–Crippen LogP) is 4.22. The Morgan fingerprint density at radius 1 is 0.909 bits per heavy atom. The van der Waals surface area contributed by atoms with Crippen molar-refractivity contribution in [3.05, 3.63) is 0 Å². The predicted molar refractivity (Wildman–Crippen MR) is 94.2 cm³/mol. The fraction of sp³-hybridized carbons (Fsp3) is 0.882. The normalized spacial score (nSPS) is 10.5. The molecule has 0 aromatic carbocycles. The Morgan fingerprint density at radius 2 is 1.41 bits per heavy atom. The number of nitrogens with one attached hydrogen (secondary N) is 2. The van der Waals surface area contributed by atoms with Gasteiger partial charge in [-0.15, -0.1) is 0 Å². The van der Waals surface area contributed by atoms with Gasteiger partial charge < -0.3 is 11.1 Å². The number of unbranched alkanes of at least 4 members (excludes halogenated alkanes) is 9. The number of hydrogen-bond donors (Lipinski definition) is 3. The fourth-order valence-corrected chi connectivity index (χ4v) is 2.37. The number of urea groups is 1. The first-order chi connectivity index (χ1) is 10.6. The van der Waals surface area contributed by atoms with E-state index in [1.165, 1.54) is 49.8 Å². The van der Waals surface area contributed by atoms with Gasteiger partial charge >= 0.3 is 6.03 Å². The van der Waals surface area contributed by atoms with E-state index in [9.17, 15) is 4.79 Å². The van der Waals surface area contributed by atoms with Crippen LogP contribution in [-0.4, -0.2) is 30.0 Å². The summed E-state index contributed by atoms with van der Waals surface area (Å²) in [6.45, 7) is 5.49. The molecule has 0 atom stereocenters. The zero-order valence-electron chi connectivity index (χ0n) is 14.6. The first-order valence-corrected chi connectivity index (χ1v) is 9.02. The Kier molecular flexibility index (Phi) is 13.8. The average molecular weight is 313 g/mol. The molecular weight excluding hydrogens is 276 g/mol. The van der Waals surface area contributed by atoms with Crippen LogP contribution < -0.4 is 11.1 Å². The molecule has 0 fully saturated rings. The summed E-state index contributed by atoms with van der Waals surface area (Å²) in [5.41, 5.74) is 5.45. The Balaban J connectivity index is 3.56. The summed E-state index contributed by atoms with van der Waals surface area (Å²) >= 11 is 0. The molecule has 0 aliphatic carbocycles. The number of amides is 2. The highest BCUT2D eigenvalue weighted by Crippen LogP contribution is 2.09. The molecule has 5 nitrogen and oxygen atoms in total. The summed E-state index contributed by atoms with van der Waals surface area (Å²) in [6, 6.07) is -0.236. The lowest BCUT2D eigenvalue weighted by molar-refractivity contribution is 0.219. The maximum atomic E-state index is 11.9. The lowest BCUT2D eigenvalue weighted by atomic mass is 10.1. The van der Waals surface area contributed by atoms with Gasteiger partial charge in [0.05, 0.1) is 0 Å². The molecule has 0 aromatic heterocycles. The van der Waals surface area contributed by atoms with Gasteiger partial charge in [0, 0.05) is 13.1 Å². The summed E-state index contributed by atoms with van der Waals surface area (Å²) in [7, 11) is 0. The topological polar surface area (TPSA) is 82.2 Å². The first kappa shape index (κ1) is 20.7. The van der Waals surface area contributed by atoms with Crippen molar-refractivity contribution in [3.63, 3.8) is 0 Å². The van der Waals surface area contributed by atoms with Gasteiger partial charge in [0.2, 0.25) is 0 Å². The molecule has 0 spiro atoms. The second kappa shape index (κ2) is 14.7. The van der Waals surface area contributed by atoms with Crippen molar-refractivity contribution >= 4 is 12.0 Å². The van der Waals surface area contributed by atoms with Crippen molar-refractivity contribution in [2.45, 2.75) is 84.5 Å². The monoisotopic (exact) mass is 312 g/mol. The summed E-state index contributed by atoms with van der Waals surface area (Å²) in [6.07, 6.45) is 13.3. The molecule has 0 radical (unpaired) electrons. The minimum Gasteiger partial charge on any atom is -0.370 e. The van der Waals surface area contributed by atoms with Crippen molar-refractivity contribution in [2.24, 2.45) is 5.73 Å². The van der Waals surface area contributed by atoms with Gasteiger partial charge in [-0.2, -0.15) is 0 Å². The van der Waals surface area contributed by atoms with Crippen LogP contribution in [0.4, 0.5) is 4.79 Å². The van der Waals surface area contributed by atoms with Crippen LogP contribution in [0.25, 0.3) is 0 Å². The summed E-state index contributed by atoms with van der Waals surface area (Å²) < 4.78 is 0. The Morgan fingerprint density at radius 3 is 1.91 bits per heavy atom. The number of rotatable bonds is 13. The Hall–Kier alpha value is -1.26. The molecule has 0 saturated heterocycles. The standard InChI is InChI=1S/C17H36N4O/c1-3-5-7-8-9-10-11-12-13-14-20-17(22)21(16(18)19)15-6-4-2/h3-15H2,1-2H3,(H3,18,19)(H,20,22). The van der Waals surface area contributed by atoms with E-state index in [4.69, 9.17) is 11.1 Å². The van der Waals surface area contributed by atoms with Gasteiger partial charge in [-0.3, -0.25) is 10.3 Å². The van der Waals surface area contributed by atoms with Crippen molar-refractivity contribution in [2.75, 3.05) is 13.1 Å². The minimum absolute atomic E-state index is 0.168. The molecule has 0 rings (SSSR count). The number of nitrogens with zero attached hydrogens (tertiary/aromatic N) is 1. The number of carbonyl (C=O) groups excluding carboxylic acids is 1. The molecule has 5 heteroatoms. The van der Waals surface area contributed by atoms with Crippen LogP contribution in [-0.2, 0) is 0 Å². The second-order valence-electron chi connectivity index (χ2n) is 5.95. The lowest BCUT2D eigenvalue weighted by Crippen LogP contribution is -2.47. The van der Waals surface area contributed by atoms with E-state index in [0.717, 1.165) is 25.7 Å². The largest absolute Gasteiger partial charge is 0.370 e. The van der Waals surface area contributed by atoms with E-state index in [1.807, 2.05) is 0 Å². The van der Waals surface area contributed by atoms with Crippen molar-refractivity contribution in [3.8, 4) is 0 Å². The number of nitrogens with two attached hydrogens (primary N) is 1. The number of carbonyl (C=O) groups is 1. The van der Waals surface area contributed by atoms with Crippen molar-refractivity contribution in [1.82, 2.24) is 10.2 Å². The van der Waals surface area contributed by atoms with Gasteiger partial charge in [-0.25, -0.2) is 4.79 Å². The number of hydrogen-bond acceptors (Lipinski definition) is 2. The lowest BCUT2D eigenvalue weighted by Gasteiger charge is -2.20. The average Bonchev–Trinajstić information content (AvgIpc) is 2.49. The van der Waals surface area contributed by atoms with E-state index in [0.29, 0.717) is 13.1 Å². The second-order valence-corrected chi connectivity index (χ2v) is 5.95. The molecule has 2 amide bonds. The molecule has 4 N–H and O–H groups in total. The van der Waals surface area contributed by atoms with Crippen molar-refractivity contribution in [1.29, 1.82) is 5.41 Å². The van der Waals surface area contributed by atoms with Crippen molar-refractivity contribution < 1.29 is 4.79 Å². The quantitative estimate of drug-likeness (QED) is 0.270. The van der Waals surface area contributed by atoms with Crippen LogP contribution in [0, 0.1) is 5.41 Å². The molecule has 0 saturated carbocycles. The summed E-state index contributed by atoms with van der Waals surface area (Å²) in [5, 5.41) is 10.3. The highest BCUT2D eigenvalue weighted by atomic mass is 16.2. The molecule has 0 aromatic rings. The van der Waals surface area contributed by atoms with E-state index >= 15 is 0 Å². The van der Waals surface area contributed by atoms with E-state index in [2.05, 4.69) is 19.2 Å². The number of guanidine groups is 1. The Bertz CT molecular complexity index is 294. The molecule has 0 heterocycles. The highest BCUT2D eigenvalue weighted by Gasteiger charge is 2.14. The van der Waals surface area contributed by atoms with Gasteiger partial charge in [0.15, 0.2) is 5.96 Å². The fourth-order valence-electron chi connectivity index (χ4n) is 2.37. The molecule has 0 bridgehead atoms. The summed E-state index contributed by atoms with van der Waals surface area (Å²) in [5.74, 6) is -0.168. The third-order valence-electron chi connectivity index (χ3n) is 3.83. The van der Waals surface area contributed by atoms with Crippen LogP contribution in [0.5, 0.6) is 0 Å². The van der Waals surface area contributed by atoms with Gasteiger partial charge in [0.25, 0.3) is 0 Å². The van der Waals surface area contributed by atoms with Crippen LogP contribution in [0.1, 0.15) is 84.5 Å². The third-order valence-corrected chi connectivity index (χ3v) is 3.83. The maximum Gasteiger partial charge on any atom is 0.324 e. The highest BCUT2D eigenvalue weighted by molar-refractivity contribution is 5.93. The molecule has 0 aliphatic heterocycles. The van der Waals surface area contributed by atoms with E-state index in [1.54, 1.807) is 0 Å². The van der Waals surface area contributed by atoms with Gasteiger partial charge in [-0.1, -0.05) is 71.6 Å². The molecule has 130 valence electrons. The van der Waals surface area contributed by atoms with Crippen LogP contribution >= 0.6 is 0 Å². The molecule has 0 aliphatic rings. The zero-order chi connectivity index (χ0) is 16.6. The molecular formula is C17H36N4O. The SMILES string of the molecule is CCCCCCCCCCCNC(=O)N(CCCC)C(=N)N. The van der Waals surface area contributed by atoms with E-state index < -0.39 is 0 Å². The van der Waals surface area contributed by atoms with Gasteiger partial charge in [0.1, 0.15) is 0 Å². The third kappa shape index (κ3) is 11.4.